The molecule has 2 aromatic carbocycles. The van der Waals surface area contributed by atoms with Gasteiger partial charge in [-0.25, -0.2) is 0 Å². The van der Waals surface area contributed by atoms with Crippen LogP contribution in [0.2, 0.25) is 0 Å². The molecule has 0 radical (unpaired) electrons. The number of nitrogens with zero attached hydrogens (tertiary/aromatic N) is 3. The van der Waals surface area contributed by atoms with Gasteiger partial charge in [-0.3, -0.25) is 0 Å². The Morgan fingerprint density at radius 1 is 0.800 bits per heavy atom. The summed E-state index contributed by atoms with van der Waals surface area (Å²) < 4.78 is 0. The minimum atomic E-state index is 1.01. The maximum Gasteiger partial charge on any atom is 0.0934 e. The molecule has 0 aliphatic heterocycles. The van der Waals surface area contributed by atoms with Crippen molar-refractivity contribution in [3.63, 3.8) is 0 Å². The van der Waals surface area contributed by atoms with E-state index in [9.17, 15) is 0 Å². The van der Waals surface area contributed by atoms with Crippen molar-refractivity contribution in [2.45, 2.75) is 0 Å². The molecule has 0 saturated carbocycles. The first-order chi connectivity index (χ1) is 7.45. The van der Waals surface area contributed by atoms with Gasteiger partial charge in [0.05, 0.1) is 18.1 Å². The van der Waals surface area contributed by atoms with Gasteiger partial charge in [-0.05, 0) is 11.5 Å². The fraction of sp³-hybridized carbons (Fsp3) is 0. The molecular formula is C12H9N3. The van der Waals surface area contributed by atoms with Crippen molar-refractivity contribution in [2.24, 2.45) is 0 Å². The second kappa shape index (κ2) is 3.20. The topological polar surface area (TPSA) is 30.7 Å². The lowest BCUT2D eigenvalue weighted by atomic mass is 10.1. The van der Waals surface area contributed by atoms with Gasteiger partial charge in [0.1, 0.15) is 0 Å². The van der Waals surface area contributed by atoms with Crippen LogP contribution in [0.4, 0.5) is 0 Å². The van der Waals surface area contributed by atoms with Crippen molar-refractivity contribution in [3.05, 3.63) is 54.9 Å². The Bertz CT molecular complexity index is 579. The second-order valence-corrected chi connectivity index (χ2v) is 3.32. The first kappa shape index (κ1) is 8.17. The predicted octanol–water partition coefficient (Wildman–Crippen LogP) is 2.42. The maximum absolute atomic E-state index is 4.14. The van der Waals surface area contributed by atoms with Gasteiger partial charge in [0.2, 0.25) is 0 Å². The molecule has 0 atom stereocenters. The first-order valence-electron chi connectivity index (χ1n) is 4.79. The Hall–Kier alpha value is -2.16. The molecule has 3 aromatic rings. The van der Waals surface area contributed by atoms with Crippen LogP contribution in [0.1, 0.15) is 0 Å². The lowest BCUT2D eigenvalue weighted by Gasteiger charge is -2.04. The summed E-state index contributed by atoms with van der Waals surface area (Å²) in [4.78, 5) is 1.64. The fourth-order valence-electron chi connectivity index (χ4n) is 1.72. The highest BCUT2D eigenvalue weighted by molar-refractivity contribution is 5.89. The largest absolute Gasteiger partial charge is 0.157 e. The van der Waals surface area contributed by atoms with Crippen molar-refractivity contribution >= 4 is 10.8 Å². The van der Waals surface area contributed by atoms with Crippen LogP contribution in [0.5, 0.6) is 0 Å². The zero-order valence-electron chi connectivity index (χ0n) is 8.04. The number of aromatic nitrogens is 3. The molecule has 72 valence electrons. The molecule has 15 heavy (non-hydrogen) atoms. The van der Waals surface area contributed by atoms with E-state index < -0.39 is 0 Å². The summed E-state index contributed by atoms with van der Waals surface area (Å²) in [6.45, 7) is 0. The lowest BCUT2D eigenvalue weighted by molar-refractivity contribution is 0.757. The molecule has 3 heteroatoms. The Kier molecular flexibility index (Phi) is 1.75. The number of rotatable bonds is 1. The van der Waals surface area contributed by atoms with Gasteiger partial charge in [0.15, 0.2) is 0 Å². The summed E-state index contributed by atoms with van der Waals surface area (Å²) in [6.07, 6.45) is 3.36. The van der Waals surface area contributed by atoms with Crippen molar-refractivity contribution in [1.82, 2.24) is 15.0 Å². The van der Waals surface area contributed by atoms with Crippen molar-refractivity contribution in [2.75, 3.05) is 0 Å². The molecule has 1 aromatic heterocycles. The molecule has 0 spiro atoms. The highest BCUT2D eigenvalue weighted by Crippen LogP contribution is 2.20. The molecule has 0 unspecified atom stereocenters. The number of fused-ring (bicyclic) bond motifs is 1. The molecule has 0 aliphatic carbocycles. The number of hydrogen-bond donors (Lipinski definition) is 0. The van der Waals surface area contributed by atoms with E-state index in [1.54, 1.807) is 17.2 Å². The summed E-state index contributed by atoms with van der Waals surface area (Å²) in [5.74, 6) is 0. The van der Waals surface area contributed by atoms with Gasteiger partial charge in [0, 0.05) is 5.39 Å². The van der Waals surface area contributed by atoms with Gasteiger partial charge in [0.25, 0.3) is 0 Å². The fourth-order valence-corrected chi connectivity index (χ4v) is 1.72. The predicted molar refractivity (Wildman–Crippen MR) is 58.9 cm³/mol. The first-order valence-corrected chi connectivity index (χ1v) is 4.79. The molecular weight excluding hydrogens is 186 g/mol. The molecule has 0 saturated heterocycles. The van der Waals surface area contributed by atoms with Crippen LogP contribution in [0.25, 0.3) is 16.5 Å². The molecule has 0 bridgehead atoms. The molecule has 0 fully saturated rings. The van der Waals surface area contributed by atoms with E-state index in [0.29, 0.717) is 0 Å². The van der Waals surface area contributed by atoms with Gasteiger partial charge >= 0.3 is 0 Å². The third-order valence-electron chi connectivity index (χ3n) is 2.40. The van der Waals surface area contributed by atoms with Crippen molar-refractivity contribution in [1.29, 1.82) is 0 Å². The third-order valence-corrected chi connectivity index (χ3v) is 2.40. The molecule has 3 rings (SSSR count). The maximum atomic E-state index is 4.14. The van der Waals surface area contributed by atoms with E-state index >= 15 is 0 Å². The monoisotopic (exact) mass is 195 g/mol. The molecule has 0 aliphatic rings. The Morgan fingerprint density at radius 2 is 1.53 bits per heavy atom. The number of benzene rings is 2. The van der Waals surface area contributed by atoms with Gasteiger partial charge in [-0.2, -0.15) is 15.0 Å². The Balaban J connectivity index is 2.36. The highest BCUT2D eigenvalue weighted by Gasteiger charge is 2.02. The second-order valence-electron chi connectivity index (χ2n) is 3.32. The minimum Gasteiger partial charge on any atom is -0.157 e. The average Bonchev–Trinajstić information content (AvgIpc) is 2.82. The normalized spacial score (nSPS) is 10.7. The summed E-state index contributed by atoms with van der Waals surface area (Å²) in [5, 5.41) is 10.6. The van der Waals surface area contributed by atoms with E-state index in [-0.39, 0.29) is 0 Å². The van der Waals surface area contributed by atoms with Crippen molar-refractivity contribution < 1.29 is 0 Å². The molecule has 0 N–H and O–H groups in total. The van der Waals surface area contributed by atoms with Gasteiger partial charge in [-0.15, -0.1) is 0 Å². The molecule has 3 nitrogen and oxygen atoms in total. The molecule has 0 amide bonds. The quantitative estimate of drug-likeness (QED) is 0.597. The standard InChI is InChI=1S/C12H9N3/c1-2-6-11-10(4-1)5-3-7-12(11)15-13-8-9-14-15/h1-9H. The van der Waals surface area contributed by atoms with E-state index in [2.05, 4.69) is 28.4 Å². The summed E-state index contributed by atoms with van der Waals surface area (Å²) in [7, 11) is 0. The number of hydrogen-bond acceptors (Lipinski definition) is 2. The van der Waals surface area contributed by atoms with Crippen LogP contribution < -0.4 is 0 Å². The smallest absolute Gasteiger partial charge is 0.0934 e. The van der Waals surface area contributed by atoms with Gasteiger partial charge < -0.3 is 0 Å². The van der Waals surface area contributed by atoms with Gasteiger partial charge in [-0.1, -0.05) is 36.4 Å². The van der Waals surface area contributed by atoms with E-state index in [4.69, 9.17) is 0 Å². The Labute approximate surface area is 87.0 Å². The highest BCUT2D eigenvalue weighted by atomic mass is 15.5. The summed E-state index contributed by atoms with van der Waals surface area (Å²) in [5.41, 5.74) is 1.01. The van der Waals surface area contributed by atoms with Crippen LogP contribution >= 0.6 is 0 Å². The van der Waals surface area contributed by atoms with E-state index in [1.807, 2.05) is 24.3 Å². The lowest BCUT2D eigenvalue weighted by Crippen LogP contribution is -1.98. The van der Waals surface area contributed by atoms with Crippen LogP contribution in [0, 0.1) is 0 Å². The average molecular weight is 195 g/mol. The zero-order chi connectivity index (χ0) is 10.1. The summed E-state index contributed by atoms with van der Waals surface area (Å²) in [6, 6.07) is 14.3. The van der Waals surface area contributed by atoms with Crippen LogP contribution in [-0.4, -0.2) is 15.0 Å². The van der Waals surface area contributed by atoms with E-state index in [1.165, 1.54) is 5.39 Å². The van der Waals surface area contributed by atoms with Crippen molar-refractivity contribution in [3.8, 4) is 5.69 Å². The SMILES string of the molecule is c1ccc2c(-n3nccn3)cccc2c1. The Morgan fingerprint density at radius 3 is 2.40 bits per heavy atom. The van der Waals surface area contributed by atoms with Crippen LogP contribution in [0.15, 0.2) is 54.9 Å². The molecule has 1 heterocycles. The third kappa shape index (κ3) is 1.29. The van der Waals surface area contributed by atoms with Crippen LogP contribution in [0.3, 0.4) is 0 Å². The minimum absolute atomic E-state index is 1.01. The zero-order valence-corrected chi connectivity index (χ0v) is 8.04. The van der Waals surface area contributed by atoms with Crippen LogP contribution in [-0.2, 0) is 0 Å². The van der Waals surface area contributed by atoms with E-state index in [0.717, 1.165) is 11.1 Å². The summed E-state index contributed by atoms with van der Waals surface area (Å²) >= 11 is 0.